The average Bonchev–Trinajstić information content (AvgIpc) is 3.38. The van der Waals surface area contributed by atoms with Crippen molar-refractivity contribution in [3.05, 3.63) is 53.0 Å². The number of carbonyl (C=O) groups excluding carboxylic acids is 1. The van der Waals surface area contributed by atoms with Crippen LogP contribution in [0.25, 0.3) is 0 Å². The van der Waals surface area contributed by atoms with Crippen LogP contribution >= 0.6 is 0 Å². The molecule has 0 radical (unpaired) electrons. The van der Waals surface area contributed by atoms with Gasteiger partial charge in [0, 0.05) is 25.2 Å². The van der Waals surface area contributed by atoms with Crippen LogP contribution in [0.3, 0.4) is 0 Å². The summed E-state index contributed by atoms with van der Waals surface area (Å²) >= 11 is 0. The molecule has 1 aliphatic carbocycles. The highest BCUT2D eigenvalue weighted by Gasteiger charge is 2.43. The Morgan fingerprint density at radius 1 is 1.16 bits per heavy atom. The number of nitrogens with zero attached hydrogens (tertiary/aromatic N) is 1. The number of likely N-dealkylation sites (tertiary alicyclic amines) is 1. The van der Waals surface area contributed by atoms with Crippen molar-refractivity contribution in [1.82, 2.24) is 4.90 Å². The first-order chi connectivity index (χ1) is 15.1. The van der Waals surface area contributed by atoms with Gasteiger partial charge in [-0.2, -0.15) is 13.2 Å². The van der Waals surface area contributed by atoms with Gasteiger partial charge in [-0.25, -0.2) is 8.78 Å². The Bertz CT molecular complexity index is 996. The maximum absolute atomic E-state index is 14.1. The highest BCUT2D eigenvalue weighted by Crippen LogP contribution is 2.45. The summed E-state index contributed by atoms with van der Waals surface area (Å²) in [5.41, 5.74) is -1.96. The predicted molar refractivity (Wildman–Crippen MR) is 105 cm³/mol. The van der Waals surface area contributed by atoms with Crippen LogP contribution in [0.4, 0.5) is 27.6 Å². The molecular formula is C22H23F5N2O3. The quantitative estimate of drug-likeness (QED) is 0.636. The lowest BCUT2D eigenvalue weighted by Crippen LogP contribution is -2.37. The number of alkyl halides is 3. The Morgan fingerprint density at radius 3 is 2.50 bits per heavy atom. The molecular weight excluding hydrogens is 435 g/mol. The SMILES string of the molecule is O=C(c1ccc(CO)o1)N1CC[C@]2(CC[C@H](Nc3cc(C(F)(F)F)c(F)cc3F)CC2)C1. The van der Waals surface area contributed by atoms with E-state index in [1.165, 1.54) is 6.07 Å². The molecule has 1 amide bonds. The second-order valence-corrected chi connectivity index (χ2v) is 8.63. The minimum atomic E-state index is -4.91. The molecule has 4 rings (SSSR count). The van der Waals surface area contributed by atoms with Gasteiger partial charge < -0.3 is 19.7 Å². The molecule has 32 heavy (non-hydrogen) atoms. The van der Waals surface area contributed by atoms with Crippen LogP contribution in [0.2, 0.25) is 0 Å². The molecule has 10 heteroatoms. The van der Waals surface area contributed by atoms with Crippen molar-refractivity contribution in [2.24, 2.45) is 5.41 Å². The van der Waals surface area contributed by atoms with Gasteiger partial charge >= 0.3 is 6.18 Å². The number of benzene rings is 1. The van der Waals surface area contributed by atoms with Crippen LogP contribution in [0.5, 0.6) is 0 Å². The van der Waals surface area contributed by atoms with Crippen LogP contribution in [-0.2, 0) is 12.8 Å². The zero-order valence-electron chi connectivity index (χ0n) is 17.1. The largest absolute Gasteiger partial charge is 0.453 e. The molecule has 0 unspecified atom stereocenters. The molecule has 1 saturated heterocycles. The highest BCUT2D eigenvalue weighted by molar-refractivity contribution is 5.91. The van der Waals surface area contributed by atoms with Crippen molar-refractivity contribution in [2.75, 3.05) is 18.4 Å². The summed E-state index contributed by atoms with van der Waals surface area (Å²) in [6, 6.07) is 3.58. The summed E-state index contributed by atoms with van der Waals surface area (Å²) in [7, 11) is 0. The standard InChI is InChI=1S/C22H23F5N2O3/c23-16-10-17(24)18(9-15(16)22(25,26)27)28-13-3-5-21(6-4-13)7-8-29(12-21)20(31)19-2-1-14(11-30)32-19/h1-2,9-10,13,28,30H,3-8,11-12H2/t13-,21+. The molecule has 2 heterocycles. The maximum atomic E-state index is 14.1. The van der Waals surface area contributed by atoms with Crippen LogP contribution < -0.4 is 5.32 Å². The maximum Gasteiger partial charge on any atom is 0.419 e. The summed E-state index contributed by atoms with van der Waals surface area (Å²) in [6.07, 6.45) is -1.48. The predicted octanol–water partition coefficient (Wildman–Crippen LogP) is 4.96. The molecule has 1 aliphatic heterocycles. The third kappa shape index (κ3) is 4.46. The van der Waals surface area contributed by atoms with Gasteiger partial charge in [-0.3, -0.25) is 4.79 Å². The van der Waals surface area contributed by atoms with Crippen molar-refractivity contribution in [1.29, 1.82) is 0 Å². The molecule has 2 aromatic rings. The van der Waals surface area contributed by atoms with Crippen molar-refractivity contribution in [3.63, 3.8) is 0 Å². The molecule has 0 bridgehead atoms. The smallest absolute Gasteiger partial charge is 0.419 e. The lowest BCUT2D eigenvalue weighted by Gasteiger charge is -2.37. The number of rotatable bonds is 4. The molecule has 1 aromatic carbocycles. The average molecular weight is 458 g/mol. The van der Waals surface area contributed by atoms with Crippen molar-refractivity contribution in [2.45, 2.75) is 50.9 Å². The Balaban J connectivity index is 1.37. The third-order valence-electron chi connectivity index (χ3n) is 6.52. The second kappa shape index (κ2) is 8.38. The van der Waals surface area contributed by atoms with E-state index in [-0.39, 0.29) is 41.5 Å². The van der Waals surface area contributed by atoms with Gasteiger partial charge in [-0.1, -0.05) is 0 Å². The van der Waals surface area contributed by atoms with E-state index in [1.54, 1.807) is 11.0 Å². The number of anilines is 1. The van der Waals surface area contributed by atoms with Gasteiger partial charge in [0.15, 0.2) is 5.76 Å². The van der Waals surface area contributed by atoms with E-state index in [0.717, 1.165) is 19.3 Å². The van der Waals surface area contributed by atoms with E-state index >= 15 is 0 Å². The number of aliphatic hydroxyl groups is 1. The van der Waals surface area contributed by atoms with Gasteiger partial charge in [0.05, 0.1) is 11.3 Å². The van der Waals surface area contributed by atoms with E-state index in [4.69, 9.17) is 9.52 Å². The Hall–Kier alpha value is -2.62. The first-order valence-corrected chi connectivity index (χ1v) is 10.4. The van der Waals surface area contributed by atoms with E-state index < -0.39 is 23.4 Å². The first-order valence-electron chi connectivity index (χ1n) is 10.4. The lowest BCUT2D eigenvalue weighted by atomic mass is 9.72. The van der Waals surface area contributed by atoms with E-state index in [0.29, 0.717) is 37.8 Å². The normalized spacial score (nSPS) is 23.7. The Labute approximate surface area is 181 Å². The number of nitrogens with one attached hydrogen (secondary N) is 1. The molecule has 2 aliphatic rings. The fourth-order valence-electron chi connectivity index (χ4n) is 4.72. The Morgan fingerprint density at radius 2 is 1.88 bits per heavy atom. The molecule has 1 spiro atoms. The molecule has 2 N–H and O–H groups in total. The molecule has 174 valence electrons. The zero-order valence-corrected chi connectivity index (χ0v) is 17.1. The van der Waals surface area contributed by atoms with E-state index in [1.807, 2.05) is 0 Å². The number of hydrogen-bond donors (Lipinski definition) is 2. The number of amides is 1. The van der Waals surface area contributed by atoms with Crippen molar-refractivity contribution in [3.8, 4) is 0 Å². The van der Waals surface area contributed by atoms with E-state index in [9.17, 15) is 26.7 Å². The van der Waals surface area contributed by atoms with Gasteiger partial charge in [-0.05, 0) is 55.7 Å². The fraction of sp³-hybridized carbons (Fsp3) is 0.500. The van der Waals surface area contributed by atoms with Crippen LogP contribution in [0.1, 0.15) is 54.0 Å². The molecule has 1 saturated carbocycles. The third-order valence-corrected chi connectivity index (χ3v) is 6.52. The fourth-order valence-corrected chi connectivity index (χ4v) is 4.72. The minimum absolute atomic E-state index is 0.0985. The zero-order chi connectivity index (χ0) is 23.1. The monoisotopic (exact) mass is 458 g/mol. The highest BCUT2D eigenvalue weighted by atomic mass is 19.4. The van der Waals surface area contributed by atoms with Crippen molar-refractivity contribution < 1.29 is 36.3 Å². The van der Waals surface area contributed by atoms with Crippen LogP contribution in [-0.4, -0.2) is 35.0 Å². The number of aliphatic hydroxyl groups excluding tert-OH is 1. The summed E-state index contributed by atoms with van der Waals surface area (Å²) < 4.78 is 71.7. The molecule has 5 nitrogen and oxygen atoms in total. The number of halogens is 5. The Kier molecular flexibility index (Phi) is 5.91. The van der Waals surface area contributed by atoms with Gasteiger partial charge in [0.2, 0.25) is 0 Å². The number of carbonyl (C=O) groups is 1. The van der Waals surface area contributed by atoms with Crippen molar-refractivity contribution >= 4 is 11.6 Å². The topological polar surface area (TPSA) is 65.7 Å². The summed E-state index contributed by atoms with van der Waals surface area (Å²) in [5.74, 6) is -2.45. The summed E-state index contributed by atoms with van der Waals surface area (Å²) in [5, 5.41) is 11.9. The minimum Gasteiger partial charge on any atom is -0.453 e. The summed E-state index contributed by atoms with van der Waals surface area (Å²) in [6.45, 7) is 0.815. The molecule has 1 aromatic heterocycles. The van der Waals surface area contributed by atoms with Crippen LogP contribution in [0.15, 0.2) is 28.7 Å². The van der Waals surface area contributed by atoms with Crippen LogP contribution in [0, 0.1) is 17.0 Å². The molecule has 0 atom stereocenters. The van der Waals surface area contributed by atoms with Gasteiger partial charge in [0.1, 0.15) is 24.0 Å². The summed E-state index contributed by atoms with van der Waals surface area (Å²) in [4.78, 5) is 14.4. The second-order valence-electron chi connectivity index (χ2n) is 8.63. The number of furan rings is 1. The first kappa shape index (κ1) is 22.6. The van der Waals surface area contributed by atoms with Gasteiger partial charge in [0.25, 0.3) is 5.91 Å². The lowest BCUT2D eigenvalue weighted by molar-refractivity contribution is -0.140. The van der Waals surface area contributed by atoms with E-state index in [2.05, 4.69) is 5.32 Å². The van der Waals surface area contributed by atoms with Gasteiger partial charge in [-0.15, -0.1) is 0 Å². The molecule has 2 fully saturated rings. The number of hydrogen-bond acceptors (Lipinski definition) is 4.